The molecule has 5 nitrogen and oxygen atoms in total. The maximum atomic E-state index is 10.7. The van der Waals surface area contributed by atoms with Crippen LogP contribution in [0, 0.1) is 5.53 Å². The zero-order valence-corrected chi connectivity index (χ0v) is 10.8. The number of benzene rings is 2. The van der Waals surface area contributed by atoms with E-state index in [1.165, 1.54) is 0 Å². The maximum absolute atomic E-state index is 10.7. The first-order valence-electron chi connectivity index (χ1n) is 6.11. The first-order chi connectivity index (χ1) is 9.83. The first kappa shape index (κ1) is 13.7. The lowest BCUT2D eigenvalue weighted by Crippen LogP contribution is -2.09. The van der Waals surface area contributed by atoms with E-state index in [-0.39, 0.29) is 0 Å². The second kappa shape index (κ2) is 7.04. The summed E-state index contributed by atoms with van der Waals surface area (Å²) in [6.07, 6.45) is 0.723. The van der Waals surface area contributed by atoms with Gasteiger partial charge in [0, 0.05) is 5.56 Å². The number of aldehydes is 1. The lowest BCUT2D eigenvalue weighted by molar-refractivity contribution is 0.112. The van der Waals surface area contributed by atoms with E-state index < -0.39 is 0 Å². The minimum absolute atomic E-state index is 0.305. The average Bonchev–Trinajstić information content (AvgIpc) is 2.52. The van der Waals surface area contributed by atoms with Crippen LogP contribution in [0.3, 0.4) is 0 Å². The molecule has 0 spiro atoms. The van der Waals surface area contributed by atoms with Gasteiger partial charge in [0.05, 0.1) is 0 Å². The van der Waals surface area contributed by atoms with Gasteiger partial charge in [-0.3, -0.25) is 4.79 Å². The van der Waals surface area contributed by atoms with Crippen LogP contribution in [0.1, 0.15) is 10.4 Å². The molecule has 2 aromatic rings. The fourth-order valence-corrected chi connectivity index (χ4v) is 1.64. The maximum Gasteiger partial charge on any atom is 0.150 e. The Morgan fingerprint density at radius 3 is 2.50 bits per heavy atom. The van der Waals surface area contributed by atoms with Crippen LogP contribution in [-0.2, 0) is 0 Å². The largest absolute Gasteiger partial charge is 0.490 e. The van der Waals surface area contributed by atoms with Crippen LogP contribution in [0.25, 0.3) is 0 Å². The average molecular weight is 270 g/mol. The zero-order valence-electron chi connectivity index (χ0n) is 10.8. The summed E-state index contributed by atoms with van der Waals surface area (Å²) >= 11 is 0. The van der Waals surface area contributed by atoms with E-state index in [2.05, 4.69) is 5.11 Å². The van der Waals surface area contributed by atoms with Crippen molar-refractivity contribution in [2.24, 2.45) is 5.11 Å². The molecule has 0 bridgehead atoms. The molecule has 0 aliphatic heterocycles. The Labute approximate surface area is 116 Å². The number of nitrogens with one attached hydrogen (secondary N) is 1. The molecule has 0 aromatic heterocycles. The molecule has 0 amide bonds. The minimum Gasteiger partial charge on any atom is -0.490 e. The Hall–Kier alpha value is -2.69. The van der Waals surface area contributed by atoms with E-state index in [4.69, 9.17) is 15.0 Å². The van der Waals surface area contributed by atoms with Crippen LogP contribution in [0.4, 0.5) is 5.69 Å². The van der Waals surface area contributed by atoms with Crippen LogP contribution in [-0.4, -0.2) is 19.5 Å². The Bertz CT molecular complexity index is 585. The summed E-state index contributed by atoms with van der Waals surface area (Å²) in [7, 11) is 0. The highest BCUT2D eigenvalue weighted by Crippen LogP contribution is 2.27. The summed E-state index contributed by atoms with van der Waals surface area (Å²) in [4.78, 5) is 10.7. The van der Waals surface area contributed by atoms with E-state index in [0.717, 1.165) is 12.0 Å². The van der Waals surface area contributed by atoms with Crippen molar-refractivity contribution in [3.05, 3.63) is 54.1 Å². The molecule has 0 heterocycles. The fraction of sp³-hybridized carbons (Fsp3) is 0.133. The van der Waals surface area contributed by atoms with Crippen LogP contribution in [0.2, 0.25) is 0 Å². The Morgan fingerprint density at radius 2 is 1.80 bits per heavy atom. The number of hydrogen-bond acceptors (Lipinski definition) is 5. The van der Waals surface area contributed by atoms with Gasteiger partial charge >= 0.3 is 0 Å². The molecule has 0 fully saturated rings. The molecule has 20 heavy (non-hydrogen) atoms. The molecule has 102 valence electrons. The van der Waals surface area contributed by atoms with Gasteiger partial charge in [-0.25, -0.2) is 5.53 Å². The van der Waals surface area contributed by atoms with E-state index in [1.54, 1.807) is 18.2 Å². The molecule has 5 heteroatoms. The molecule has 0 radical (unpaired) electrons. The number of nitrogens with zero attached hydrogens (tertiary/aromatic N) is 1. The van der Waals surface area contributed by atoms with E-state index in [0.29, 0.717) is 30.2 Å². The molecule has 0 saturated carbocycles. The monoisotopic (exact) mass is 270 g/mol. The number of para-hydroxylation sites is 1. The van der Waals surface area contributed by atoms with Crippen LogP contribution in [0.5, 0.6) is 11.5 Å². The van der Waals surface area contributed by atoms with Crippen molar-refractivity contribution in [1.82, 2.24) is 0 Å². The van der Waals surface area contributed by atoms with Crippen LogP contribution in [0.15, 0.2) is 53.6 Å². The van der Waals surface area contributed by atoms with Gasteiger partial charge in [0.15, 0.2) is 0 Å². The molecular weight excluding hydrogens is 256 g/mol. The van der Waals surface area contributed by atoms with Gasteiger partial charge in [-0.1, -0.05) is 18.2 Å². The standard InChI is InChI=1S/C15H14N2O3/c16-17-14-7-6-12(11-18)10-15(14)20-9-8-19-13-4-2-1-3-5-13/h1-7,10-11,16H,8-9H2. The van der Waals surface area contributed by atoms with Gasteiger partial charge in [0.1, 0.15) is 36.7 Å². The molecule has 0 atom stereocenters. The summed E-state index contributed by atoms with van der Waals surface area (Å²) in [6.45, 7) is 0.673. The van der Waals surface area contributed by atoms with Gasteiger partial charge in [-0.2, -0.15) is 5.11 Å². The predicted octanol–water partition coefficient (Wildman–Crippen LogP) is 3.62. The third kappa shape index (κ3) is 3.65. The Morgan fingerprint density at radius 1 is 1.05 bits per heavy atom. The van der Waals surface area contributed by atoms with Crippen molar-refractivity contribution in [3.8, 4) is 11.5 Å². The number of carbonyl (C=O) groups is 1. The number of rotatable bonds is 7. The SMILES string of the molecule is N=Nc1ccc(C=O)cc1OCCOc1ccccc1. The third-order valence-corrected chi connectivity index (χ3v) is 2.59. The second-order valence-corrected chi connectivity index (χ2v) is 3.97. The normalized spacial score (nSPS) is 9.80. The quantitative estimate of drug-likeness (QED) is 0.474. The third-order valence-electron chi connectivity index (χ3n) is 2.59. The van der Waals surface area contributed by atoms with Gasteiger partial charge in [-0.05, 0) is 30.3 Å². The number of carbonyl (C=O) groups excluding carboxylic acids is 1. The number of ether oxygens (including phenoxy) is 2. The van der Waals surface area contributed by atoms with E-state index >= 15 is 0 Å². The molecule has 0 aliphatic carbocycles. The summed E-state index contributed by atoms with van der Waals surface area (Å²) in [5.41, 5.74) is 7.92. The summed E-state index contributed by atoms with van der Waals surface area (Å²) in [6, 6.07) is 14.1. The fourth-order valence-electron chi connectivity index (χ4n) is 1.64. The zero-order chi connectivity index (χ0) is 14.2. The van der Waals surface area contributed by atoms with Crippen molar-refractivity contribution in [2.45, 2.75) is 0 Å². The topological polar surface area (TPSA) is 71.7 Å². The molecule has 2 rings (SSSR count). The van der Waals surface area contributed by atoms with Crippen LogP contribution < -0.4 is 9.47 Å². The number of hydrogen-bond donors (Lipinski definition) is 1. The van der Waals surface area contributed by atoms with Gasteiger partial charge in [0.25, 0.3) is 0 Å². The second-order valence-electron chi connectivity index (χ2n) is 3.97. The highest BCUT2D eigenvalue weighted by Gasteiger charge is 2.04. The summed E-state index contributed by atoms with van der Waals surface area (Å²) in [5.74, 6) is 1.17. The van der Waals surface area contributed by atoms with Crippen molar-refractivity contribution < 1.29 is 14.3 Å². The van der Waals surface area contributed by atoms with Gasteiger partial charge < -0.3 is 9.47 Å². The molecule has 0 unspecified atom stereocenters. The minimum atomic E-state index is 0.305. The van der Waals surface area contributed by atoms with E-state index in [1.807, 2.05) is 30.3 Å². The summed E-state index contributed by atoms with van der Waals surface area (Å²) < 4.78 is 11.0. The smallest absolute Gasteiger partial charge is 0.150 e. The van der Waals surface area contributed by atoms with Crippen molar-refractivity contribution >= 4 is 12.0 Å². The highest BCUT2D eigenvalue weighted by molar-refractivity contribution is 5.77. The summed E-state index contributed by atoms with van der Waals surface area (Å²) in [5, 5.41) is 3.35. The molecule has 0 aliphatic rings. The van der Waals surface area contributed by atoms with Crippen molar-refractivity contribution in [3.63, 3.8) is 0 Å². The van der Waals surface area contributed by atoms with Crippen molar-refractivity contribution in [2.75, 3.05) is 13.2 Å². The molecule has 0 saturated heterocycles. The van der Waals surface area contributed by atoms with E-state index in [9.17, 15) is 4.79 Å². The highest BCUT2D eigenvalue weighted by atomic mass is 16.5. The van der Waals surface area contributed by atoms with Gasteiger partial charge in [0.2, 0.25) is 0 Å². The van der Waals surface area contributed by atoms with Gasteiger partial charge in [-0.15, -0.1) is 0 Å². The lowest BCUT2D eigenvalue weighted by atomic mass is 10.2. The Balaban J connectivity index is 1.90. The lowest BCUT2D eigenvalue weighted by Gasteiger charge is -2.10. The molecule has 1 N–H and O–H groups in total. The van der Waals surface area contributed by atoms with Crippen LogP contribution >= 0.6 is 0 Å². The first-order valence-corrected chi connectivity index (χ1v) is 6.11. The van der Waals surface area contributed by atoms with Crippen molar-refractivity contribution in [1.29, 1.82) is 5.53 Å². The molecule has 2 aromatic carbocycles. The predicted molar refractivity (Wildman–Crippen MR) is 74.1 cm³/mol. The Kier molecular flexibility index (Phi) is 4.83. The molecular formula is C15H14N2O3.